The highest BCUT2D eigenvalue weighted by molar-refractivity contribution is 5.84. The van der Waals surface area contributed by atoms with E-state index in [1.807, 2.05) is 38.2 Å². The number of rotatable bonds is 5. The lowest BCUT2D eigenvalue weighted by molar-refractivity contribution is -0.107. The molecule has 1 N–H and O–H groups in total. The van der Waals surface area contributed by atoms with Crippen molar-refractivity contribution in [1.82, 2.24) is 4.98 Å². The molecule has 0 spiro atoms. The van der Waals surface area contributed by atoms with Gasteiger partial charge in [-0.25, -0.2) is 0 Å². The zero-order chi connectivity index (χ0) is 12.3. The van der Waals surface area contributed by atoms with E-state index in [0.29, 0.717) is 6.42 Å². The number of H-pyrrole nitrogens is 1. The first-order chi connectivity index (χ1) is 8.20. The Labute approximate surface area is 101 Å². The highest BCUT2D eigenvalue weighted by Crippen LogP contribution is 2.25. The minimum atomic E-state index is 0.171. The van der Waals surface area contributed by atoms with E-state index in [1.54, 1.807) is 0 Å². The first-order valence-electron chi connectivity index (χ1n) is 5.91. The predicted octanol–water partition coefficient (Wildman–Crippen LogP) is 3.09. The summed E-state index contributed by atoms with van der Waals surface area (Å²) in [6.45, 7) is 4.02. The molecular weight excluding hydrogens is 214 g/mol. The van der Waals surface area contributed by atoms with Gasteiger partial charge in [-0.3, -0.25) is 0 Å². The van der Waals surface area contributed by atoms with E-state index >= 15 is 0 Å². The number of carbonyl (C=O) groups excluding carboxylic acids is 1. The number of aromatic nitrogens is 1. The molecule has 2 rings (SSSR count). The zero-order valence-electron chi connectivity index (χ0n) is 10.2. The molecule has 1 heterocycles. The van der Waals surface area contributed by atoms with Crippen molar-refractivity contribution in [3.63, 3.8) is 0 Å². The van der Waals surface area contributed by atoms with Crippen molar-refractivity contribution >= 4 is 17.2 Å². The Kier molecular flexibility index (Phi) is 3.47. The summed E-state index contributed by atoms with van der Waals surface area (Å²) in [4.78, 5) is 13.6. The molecule has 1 aromatic heterocycles. The van der Waals surface area contributed by atoms with Gasteiger partial charge in [-0.15, -0.1) is 0 Å². The second-order valence-corrected chi connectivity index (χ2v) is 4.39. The van der Waals surface area contributed by atoms with Gasteiger partial charge < -0.3 is 14.5 Å². The van der Waals surface area contributed by atoms with Gasteiger partial charge in [0, 0.05) is 23.5 Å². The van der Waals surface area contributed by atoms with Crippen molar-refractivity contribution in [2.75, 3.05) is 0 Å². The number of ether oxygens (including phenoxy) is 1. The standard InChI is InChI=1S/C14H17NO2/c1-10(2)17-12-5-6-14-13(8-12)11(9-15-14)4-3-7-16/h5-10,15H,3-4H2,1-2H3. The van der Waals surface area contributed by atoms with E-state index in [9.17, 15) is 4.79 Å². The molecule has 0 radical (unpaired) electrons. The molecule has 3 nitrogen and oxygen atoms in total. The second kappa shape index (κ2) is 5.04. The van der Waals surface area contributed by atoms with Gasteiger partial charge in [0.05, 0.1) is 6.10 Å². The fraction of sp³-hybridized carbons (Fsp3) is 0.357. The van der Waals surface area contributed by atoms with Crippen molar-refractivity contribution in [3.8, 4) is 5.75 Å². The summed E-state index contributed by atoms with van der Waals surface area (Å²) < 4.78 is 5.67. The van der Waals surface area contributed by atoms with Gasteiger partial charge in [0.25, 0.3) is 0 Å². The van der Waals surface area contributed by atoms with Crippen LogP contribution < -0.4 is 4.74 Å². The Morgan fingerprint density at radius 2 is 2.24 bits per heavy atom. The van der Waals surface area contributed by atoms with Crippen LogP contribution in [0.4, 0.5) is 0 Å². The Bertz CT molecular complexity index is 514. The molecule has 0 aliphatic rings. The fourth-order valence-corrected chi connectivity index (χ4v) is 1.92. The molecule has 0 aliphatic heterocycles. The first-order valence-corrected chi connectivity index (χ1v) is 5.91. The summed E-state index contributed by atoms with van der Waals surface area (Å²) in [7, 11) is 0. The number of carbonyl (C=O) groups is 1. The molecular formula is C14H17NO2. The number of hydrogen-bond donors (Lipinski definition) is 1. The Hall–Kier alpha value is -1.77. The van der Waals surface area contributed by atoms with Crippen LogP contribution in [0.15, 0.2) is 24.4 Å². The van der Waals surface area contributed by atoms with Crippen molar-refractivity contribution in [3.05, 3.63) is 30.0 Å². The van der Waals surface area contributed by atoms with Crippen LogP contribution in [0.2, 0.25) is 0 Å². The molecule has 0 fully saturated rings. The van der Waals surface area contributed by atoms with Gasteiger partial charge in [0.15, 0.2) is 0 Å². The molecule has 0 saturated heterocycles. The molecule has 0 bridgehead atoms. The summed E-state index contributed by atoms with van der Waals surface area (Å²) in [5, 5.41) is 1.14. The predicted molar refractivity (Wildman–Crippen MR) is 68.4 cm³/mol. The highest BCUT2D eigenvalue weighted by Gasteiger charge is 2.05. The summed E-state index contributed by atoms with van der Waals surface area (Å²) in [5.74, 6) is 0.874. The van der Waals surface area contributed by atoms with Crippen molar-refractivity contribution in [2.24, 2.45) is 0 Å². The second-order valence-electron chi connectivity index (χ2n) is 4.39. The van der Waals surface area contributed by atoms with Gasteiger partial charge >= 0.3 is 0 Å². The van der Waals surface area contributed by atoms with Gasteiger partial charge in [0.2, 0.25) is 0 Å². The van der Waals surface area contributed by atoms with Gasteiger partial charge in [0.1, 0.15) is 12.0 Å². The molecule has 3 heteroatoms. The number of benzene rings is 1. The lowest BCUT2D eigenvalue weighted by Crippen LogP contribution is -2.05. The van der Waals surface area contributed by atoms with Crippen LogP contribution in [-0.4, -0.2) is 17.4 Å². The quantitative estimate of drug-likeness (QED) is 0.803. The minimum Gasteiger partial charge on any atom is -0.491 e. The van der Waals surface area contributed by atoms with Crippen LogP contribution in [0.1, 0.15) is 25.8 Å². The molecule has 90 valence electrons. The van der Waals surface area contributed by atoms with Gasteiger partial charge in [-0.1, -0.05) is 0 Å². The molecule has 17 heavy (non-hydrogen) atoms. The average Bonchev–Trinajstić information content (AvgIpc) is 2.68. The fourth-order valence-electron chi connectivity index (χ4n) is 1.92. The van der Waals surface area contributed by atoms with E-state index < -0.39 is 0 Å². The monoisotopic (exact) mass is 231 g/mol. The SMILES string of the molecule is CC(C)Oc1ccc2[nH]cc(CCC=O)c2c1. The smallest absolute Gasteiger partial charge is 0.120 e. The number of hydrogen-bond acceptors (Lipinski definition) is 2. The zero-order valence-corrected chi connectivity index (χ0v) is 10.2. The van der Waals surface area contributed by atoms with Gasteiger partial charge in [-0.2, -0.15) is 0 Å². The lowest BCUT2D eigenvalue weighted by atomic mass is 10.1. The molecule has 0 aliphatic carbocycles. The third-order valence-corrected chi connectivity index (χ3v) is 2.64. The molecule has 0 unspecified atom stereocenters. The summed E-state index contributed by atoms with van der Waals surface area (Å²) >= 11 is 0. The van der Waals surface area contributed by atoms with Crippen LogP contribution in [0.3, 0.4) is 0 Å². The maximum atomic E-state index is 10.4. The topological polar surface area (TPSA) is 42.1 Å². The molecule has 0 saturated carbocycles. The summed E-state index contributed by atoms with van der Waals surface area (Å²) in [5.41, 5.74) is 2.25. The highest BCUT2D eigenvalue weighted by atomic mass is 16.5. The van der Waals surface area contributed by atoms with E-state index in [4.69, 9.17) is 4.74 Å². The van der Waals surface area contributed by atoms with E-state index in [1.165, 1.54) is 5.56 Å². The number of fused-ring (bicyclic) bond motifs is 1. The lowest BCUT2D eigenvalue weighted by Gasteiger charge is -2.09. The third-order valence-electron chi connectivity index (χ3n) is 2.64. The molecule has 0 amide bonds. The van der Waals surface area contributed by atoms with Crippen molar-refractivity contribution in [2.45, 2.75) is 32.8 Å². The number of aryl methyl sites for hydroxylation is 1. The van der Waals surface area contributed by atoms with Crippen molar-refractivity contribution in [1.29, 1.82) is 0 Å². The van der Waals surface area contributed by atoms with Crippen LogP contribution in [0, 0.1) is 0 Å². The number of aldehydes is 1. The van der Waals surface area contributed by atoms with E-state index in [0.717, 1.165) is 29.4 Å². The Morgan fingerprint density at radius 1 is 1.41 bits per heavy atom. The average molecular weight is 231 g/mol. The normalized spacial score (nSPS) is 11.0. The maximum absolute atomic E-state index is 10.4. The molecule has 2 aromatic rings. The minimum absolute atomic E-state index is 0.171. The van der Waals surface area contributed by atoms with Crippen LogP contribution in [0.25, 0.3) is 10.9 Å². The van der Waals surface area contributed by atoms with E-state index in [-0.39, 0.29) is 6.10 Å². The maximum Gasteiger partial charge on any atom is 0.120 e. The molecule has 1 aromatic carbocycles. The molecule has 0 atom stereocenters. The van der Waals surface area contributed by atoms with Crippen molar-refractivity contribution < 1.29 is 9.53 Å². The Balaban J connectivity index is 2.32. The summed E-state index contributed by atoms with van der Waals surface area (Å²) in [6, 6.07) is 6.01. The van der Waals surface area contributed by atoms with Crippen LogP contribution in [0.5, 0.6) is 5.75 Å². The first kappa shape index (κ1) is 11.7. The van der Waals surface area contributed by atoms with E-state index in [2.05, 4.69) is 4.98 Å². The number of nitrogens with one attached hydrogen (secondary N) is 1. The van der Waals surface area contributed by atoms with Gasteiger partial charge in [-0.05, 0) is 44.0 Å². The largest absolute Gasteiger partial charge is 0.491 e. The summed E-state index contributed by atoms with van der Waals surface area (Å²) in [6.07, 6.45) is 4.42. The third kappa shape index (κ3) is 2.67. The Morgan fingerprint density at radius 3 is 2.94 bits per heavy atom. The number of aromatic amines is 1. The van der Waals surface area contributed by atoms with Crippen LogP contribution >= 0.6 is 0 Å². The van der Waals surface area contributed by atoms with Crippen LogP contribution in [-0.2, 0) is 11.2 Å².